The van der Waals surface area contributed by atoms with Crippen molar-refractivity contribution in [3.8, 4) is 0 Å². The molecule has 1 N–H and O–H groups in total. The number of carbonyl (C=O) groups excluding carboxylic acids is 2. The molecule has 0 aromatic heterocycles. The molecule has 2 aromatic rings. The van der Waals surface area contributed by atoms with Crippen molar-refractivity contribution in [3.63, 3.8) is 0 Å². The molecular formula is C18H19FN2O2. The summed E-state index contributed by atoms with van der Waals surface area (Å²) in [6, 6.07) is 13.0. The summed E-state index contributed by atoms with van der Waals surface area (Å²) >= 11 is 0. The average Bonchev–Trinajstić information content (AvgIpc) is 2.56. The molecule has 5 heteroatoms. The van der Waals surface area contributed by atoms with E-state index in [0.29, 0.717) is 12.1 Å². The van der Waals surface area contributed by atoms with E-state index < -0.39 is 0 Å². The first-order chi connectivity index (χ1) is 11.0. The van der Waals surface area contributed by atoms with Crippen LogP contribution in [0.3, 0.4) is 0 Å². The Hall–Kier alpha value is -2.69. The Kier molecular flexibility index (Phi) is 5.46. The van der Waals surface area contributed by atoms with E-state index >= 15 is 0 Å². The van der Waals surface area contributed by atoms with E-state index in [2.05, 4.69) is 5.32 Å². The minimum Gasteiger partial charge on any atom is -0.355 e. The van der Waals surface area contributed by atoms with Gasteiger partial charge in [-0.25, -0.2) is 4.39 Å². The fourth-order valence-corrected chi connectivity index (χ4v) is 2.18. The number of carbonyl (C=O) groups is 2. The zero-order valence-electron chi connectivity index (χ0n) is 13.2. The van der Waals surface area contributed by atoms with E-state index in [9.17, 15) is 14.0 Å². The first kappa shape index (κ1) is 16.7. The Morgan fingerprint density at radius 1 is 1.00 bits per heavy atom. The molecule has 0 aliphatic carbocycles. The van der Waals surface area contributed by atoms with E-state index in [1.54, 1.807) is 43.3 Å². The average molecular weight is 314 g/mol. The fourth-order valence-electron chi connectivity index (χ4n) is 2.18. The van der Waals surface area contributed by atoms with Gasteiger partial charge < -0.3 is 10.2 Å². The molecule has 0 aliphatic heterocycles. The molecule has 0 saturated heterocycles. The van der Waals surface area contributed by atoms with Gasteiger partial charge in [-0.05, 0) is 35.4 Å². The van der Waals surface area contributed by atoms with Gasteiger partial charge in [-0.2, -0.15) is 0 Å². The van der Waals surface area contributed by atoms with E-state index in [4.69, 9.17) is 0 Å². The molecule has 0 spiro atoms. The number of nitrogens with one attached hydrogen (secondary N) is 1. The van der Waals surface area contributed by atoms with Crippen LogP contribution in [0.25, 0.3) is 0 Å². The standard InChI is InChI=1S/C18H19FN2O2/c1-20-18(23)15-7-3-14(4-8-15)12-21(2)17(22)11-13-5-9-16(19)10-6-13/h3-10H,11-12H2,1-2H3,(H,20,23). The highest BCUT2D eigenvalue weighted by molar-refractivity contribution is 5.93. The van der Waals surface area contributed by atoms with E-state index in [-0.39, 0.29) is 24.1 Å². The molecule has 0 heterocycles. The molecule has 2 aromatic carbocycles. The first-order valence-electron chi connectivity index (χ1n) is 7.29. The summed E-state index contributed by atoms with van der Waals surface area (Å²) in [6.45, 7) is 0.452. The predicted octanol–water partition coefficient (Wildman–Crippen LogP) is 2.39. The molecule has 2 rings (SSSR count). The Balaban J connectivity index is 1.95. The third-order valence-electron chi connectivity index (χ3n) is 3.56. The number of rotatable bonds is 5. The van der Waals surface area contributed by atoms with Gasteiger partial charge >= 0.3 is 0 Å². The normalized spacial score (nSPS) is 10.2. The lowest BCUT2D eigenvalue weighted by Gasteiger charge is -2.17. The summed E-state index contributed by atoms with van der Waals surface area (Å²) in [4.78, 5) is 25.3. The van der Waals surface area contributed by atoms with Gasteiger partial charge in [0.05, 0.1) is 6.42 Å². The second kappa shape index (κ2) is 7.54. The van der Waals surface area contributed by atoms with Crippen LogP contribution in [0.1, 0.15) is 21.5 Å². The Morgan fingerprint density at radius 2 is 1.57 bits per heavy atom. The second-order valence-electron chi connectivity index (χ2n) is 5.33. The Bertz CT molecular complexity index is 681. The number of amides is 2. The van der Waals surface area contributed by atoms with Crippen LogP contribution in [0.4, 0.5) is 4.39 Å². The zero-order valence-corrected chi connectivity index (χ0v) is 13.2. The topological polar surface area (TPSA) is 49.4 Å². The largest absolute Gasteiger partial charge is 0.355 e. The van der Waals surface area contributed by atoms with Crippen molar-refractivity contribution in [1.82, 2.24) is 10.2 Å². The van der Waals surface area contributed by atoms with Crippen LogP contribution in [0, 0.1) is 5.82 Å². The Morgan fingerprint density at radius 3 is 2.13 bits per heavy atom. The van der Waals surface area contributed by atoms with Crippen molar-refractivity contribution in [2.45, 2.75) is 13.0 Å². The molecular weight excluding hydrogens is 295 g/mol. The number of nitrogens with zero attached hydrogens (tertiary/aromatic N) is 1. The van der Waals surface area contributed by atoms with Crippen LogP contribution in [0.5, 0.6) is 0 Å². The van der Waals surface area contributed by atoms with Gasteiger partial charge in [0.25, 0.3) is 5.91 Å². The number of likely N-dealkylation sites (N-methyl/N-ethyl adjacent to an activating group) is 1. The van der Waals surface area contributed by atoms with Crippen LogP contribution >= 0.6 is 0 Å². The molecule has 120 valence electrons. The molecule has 0 fully saturated rings. The van der Waals surface area contributed by atoms with E-state index in [1.807, 2.05) is 12.1 Å². The minimum atomic E-state index is -0.314. The summed E-state index contributed by atoms with van der Waals surface area (Å²) in [5, 5.41) is 2.56. The molecule has 0 atom stereocenters. The van der Waals surface area contributed by atoms with Gasteiger partial charge in [-0.1, -0.05) is 24.3 Å². The molecule has 0 radical (unpaired) electrons. The number of halogens is 1. The van der Waals surface area contributed by atoms with Crippen LogP contribution in [0.15, 0.2) is 48.5 Å². The van der Waals surface area contributed by atoms with E-state index in [1.165, 1.54) is 12.1 Å². The van der Waals surface area contributed by atoms with Gasteiger partial charge in [0, 0.05) is 26.2 Å². The molecule has 0 bridgehead atoms. The summed E-state index contributed by atoms with van der Waals surface area (Å²) in [6.07, 6.45) is 0.229. The molecule has 0 aliphatic rings. The number of hydrogen-bond acceptors (Lipinski definition) is 2. The summed E-state index contributed by atoms with van der Waals surface area (Å²) in [5.41, 5.74) is 2.29. The maximum Gasteiger partial charge on any atom is 0.251 e. The van der Waals surface area contributed by atoms with Gasteiger partial charge in [0.2, 0.25) is 5.91 Å². The van der Waals surface area contributed by atoms with Crippen LogP contribution in [-0.4, -0.2) is 30.8 Å². The fraction of sp³-hybridized carbons (Fsp3) is 0.222. The van der Waals surface area contributed by atoms with Crippen molar-refractivity contribution in [3.05, 3.63) is 71.0 Å². The van der Waals surface area contributed by atoms with Crippen LogP contribution in [0.2, 0.25) is 0 Å². The summed E-state index contributed by atoms with van der Waals surface area (Å²) < 4.78 is 12.9. The molecule has 0 saturated carbocycles. The first-order valence-corrected chi connectivity index (χ1v) is 7.29. The maximum atomic E-state index is 12.9. The molecule has 2 amide bonds. The third-order valence-corrected chi connectivity index (χ3v) is 3.56. The Labute approximate surface area is 134 Å². The smallest absolute Gasteiger partial charge is 0.251 e. The van der Waals surface area contributed by atoms with Crippen LogP contribution < -0.4 is 5.32 Å². The van der Waals surface area contributed by atoms with Gasteiger partial charge in [0.15, 0.2) is 0 Å². The quantitative estimate of drug-likeness (QED) is 0.921. The van der Waals surface area contributed by atoms with E-state index in [0.717, 1.165) is 11.1 Å². The van der Waals surface area contributed by atoms with Crippen molar-refractivity contribution in [2.24, 2.45) is 0 Å². The van der Waals surface area contributed by atoms with Gasteiger partial charge in [0.1, 0.15) is 5.82 Å². The minimum absolute atomic E-state index is 0.0491. The second-order valence-corrected chi connectivity index (χ2v) is 5.33. The van der Waals surface area contributed by atoms with Gasteiger partial charge in [-0.15, -0.1) is 0 Å². The lowest BCUT2D eigenvalue weighted by molar-refractivity contribution is -0.129. The predicted molar refractivity (Wildman–Crippen MR) is 86.4 cm³/mol. The zero-order chi connectivity index (χ0) is 16.8. The molecule has 23 heavy (non-hydrogen) atoms. The summed E-state index contributed by atoms with van der Waals surface area (Å²) in [5.74, 6) is -0.505. The monoisotopic (exact) mass is 314 g/mol. The van der Waals surface area contributed by atoms with Crippen molar-refractivity contribution in [2.75, 3.05) is 14.1 Å². The highest BCUT2D eigenvalue weighted by Gasteiger charge is 2.11. The van der Waals surface area contributed by atoms with Crippen molar-refractivity contribution in [1.29, 1.82) is 0 Å². The lowest BCUT2D eigenvalue weighted by Crippen LogP contribution is -2.27. The third kappa shape index (κ3) is 4.64. The summed E-state index contributed by atoms with van der Waals surface area (Å²) in [7, 11) is 3.30. The molecule has 0 unspecified atom stereocenters. The van der Waals surface area contributed by atoms with Crippen LogP contribution in [-0.2, 0) is 17.8 Å². The molecule has 4 nitrogen and oxygen atoms in total. The lowest BCUT2D eigenvalue weighted by atomic mass is 10.1. The maximum absolute atomic E-state index is 12.9. The van der Waals surface area contributed by atoms with Crippen molar-refractivity contribution < 1.29 is 14.0 Å². The van der Waals surface area contributed by atoms with Gasteiger partial charge in [-0.3, -0.25) is 9.59 Å². The SMILES string of the molecule is CNC(=O)c1ccc(CN(C)C(=O)Cc2ccc(F)cc2)cc1. The highest BCUT2D eigenvalue weighted by atomic mass is 19.1. The van der Waals surface area contributed by atoms with Crippen molar-refractivity contribution >= 4 is 11.8 Å². The highest BCUT2D eigenvalue weighted by Crippen LogP contribution is 2.09. The number of benzene rings is 2. The number of hydrogen-bond donors (Lipinski definition) is 1.